The average Bonchev–Trinajstić information content (AvgIpc) is 2.41. The van der Waals surface area contributed by atoms with Crippen molar-refractivity contribution in [1.29, 1.82) is 0 Å². The third kappa shape index (κ3) is 1.87. The summed E-state index contributed by atoms with van der Waals surface area (Å²) in [6.07, 6.45) is 1.52. The maximum atomic E-state index is 12.4. The molecule has 2 aromatic carbocycles. The minimum absolute atomic E-state index is 0.267. The summed E-state index contributed by atoms with van der Waals surface area (Å²) in [5.74, 6) is -1.03. The second kappa shape index (κ2) is 4.24. The van der Waals surface area contributed by atoms with Gasteiger partial charge in [-0.1, -0.05) is 36.4 Å². The van der Waals surface area contributed by atoms with Crippen LogP contribution < -0.4 is 5.56 Å². The fraction of sp³-hybridized carbons (Fsp3) is 0.0667. The molecule has 0 spiro atoms. The Kier molecular flexibility index (Phi) is 2.56. The van der Waals surface area contributed by atoms with E-state index in [0.717, 1.165) is 16.2 Å². The molecule has 1 N–H and O–H groups in total. The van der Waals surface area contributed by atoms with Gasteiger partial charge in [0.1, 0.15) is 6.54 Å². The quantitative estimate of drug-likeness (QED) is 0.712. The number of rotatable bonds is 2. The largest absolute Gasteiger partial charge is 0.480 e. The van der Waals surface area contributed by atoms with Gasteiger partial charge in [-0.15, -0.1) is 0 Å². The first kappa shape index (κ1) is 11.5. The van der Waals surface area contributed by atoms with Crippen molar-refractivity contribution in [3.63, 3.8) is 0 Å². The topological polar surface area (TPSA) is 59.3 Å². The Hall–Kier alpha value is -2.62. The molecule has 4 nitrogen and oxygen atoms in total. The number of carboxylic acid groups (broad SMARTS) is 1. The molecule has 1 aromatic heterocycles. The highest BCUT2D eigenvalue weighted by Gasteiger charge is 2.08. The summed E-state index contributed by atoms with van der Waals surface area (Å²) in [6, 6.07) is 13.2. The van der Waals surface area contributed by atoms with E-state index in [2.05, 4.69) is 0 Å². The van der Waals surface area contributed by atoms with Crippen molar-refractivity contribution < 1.29 is 9.90 Å². The first-order chi connectivity index (χ1) is 9.16. The number of pyridine rings is 1. The van der Waals surface area contributed by atoms with Crippen LogP contribution in [0.1, 0.15) is 0 Å². The standard InChI is InChI=1S/C15H11NO3/c17-13(18)9-16-8-7-11-6-5-10-3-1-2-4-12(10)14(11)15(16)19/h1-8H,9H2,(H,17,18). The molecule has 1 heterocycles. The predicted molar refractivity (Wildman–Crippen MR) is 73.3 cm³/mol. The lowest BCUT2D eigenvalue weighted by molar-refractivity contribution is -0.137. The first-order valence-electron chi connectivity index (χ1n) is 5.89. The van der Waals surface area contributed by atoms with Gasteiger partial charge in [-0.3, -0.25) is 9.59 Å². The highest BCUT2D eigenvalue weighted by molar-refractivity contribution is 6.06. The van der Waals surface area contributed by atoms with Gasteiger partial charge in [-0.2, -0.15) is 0 Å². The molecule has 0 aliphatic heterocycles. The Bertz CT molecular complexity index is 849. The summed E-state index contributed by atoms with van der Waals surface area (Å²) < 4.78 is 1.22. The van der Waals surface area contributed by atoms with E-state index in [-0.39, 0.29) is 12.1 Å². The number of nitrogens with zero attached hydrogens (tertiary/aromatic N) is 1. The molecule has 0 saturated heterocycles. The minimum Gasteiger partial charge on any atom is -0.480 e. The molecule has 0 fully saturated rings. The van der Waals surface area contributed by atoms with Crippen molar-refractivity contribution >= 4 is 27.5 Å². The van der Waals surface area contributed by atoms with Crippen molar-refractivity contribution in [2.24, 2.45) is 0 Å². The number of fused-ring (bicyclic) bond motifs is 3. The van der Waals surface area contributed by atoms with E-state index in [1.165, 1.54) is 10.8 Å². The van der Waals surface area contributed by atoms with Gasteiger partial charge in [0.25, 0.3) is 5.56 Å². The van der Waals surface area contributed by atoms with Crippen LogP contribution in [0.3, 0.4) is 0 Å². The van der Waals surface area contributed by atoms with Crippen LogP contribution in [-0.2, 0) is 11.3 Å². The number of carboxylic acids is 1. The number of benzene rings is 2. The second-order valence-electron chi connectivity index (χ2n) is 4.39. The van der Waals surface area contributed by atoms with Gasteiger partial charge in [0.2, 0.25) is 0 Å². The number of carbonyl (C=O) groups is 1. The third-order valence-electron chi connectivity index (χ3n) is 3.18. The molecule has 0 unspecified atom stereocenters. The van der Waals surface area contributed by atoms with Crippen LogP contribution in [0.5, 0.6) is 0 Å². The zero-order valence-corrected chi connectivity index (χ0v) is 10.0. The fourth-order valence-corrected chi connectivity index (χ4v) is 2.32. The molecule has 0 aliphatic rings. The second-order valence-corrected chi connectivity index (χ2v) is 4.39. The van der Waals surface area contributed by atoms with Crippen LogP contribution in [0.15, 0.2) is 53.5 Å². The molecule has 3 rings (SSSR count). The lowest BCUT2D eigenvalue weighted by Gasteiger charge is -2.07. The highest BCUT2D eigenvalue weighted by atomic mass is 16.4. The van der Waals surface area contributed by atoms with E-state index in [0.29, 0.717) is 5.39 Å². The molecule has 0 radical (unpaired) electrons. The summed E-state index contributed by atoms with van der Waals surface area (Å²) in [6.45, 7) is -0.321. The fourth-order valence-electron chi connectivity index (χ4n) is 2.32. The van der Waals surface area contributed by atoms with E-state index in [1.54, 1.807) is 6.07 Å². The van der Waals surface area contributed by atoms with Crippen LogP contribution >= 0.6 is 0 Å². The zero-order chi connectivity index (χ0) is 13.4. The number of hydrogen-bond acceptors (Lipinski definition) is 2. The van der Waals surface area contributed by atoms with Crippen LogP contribution in [0.4, 0.5) is 0 Å². The van der Waals surface area contributed by atoms with Crippen molar-refractivity contribution in [3.8, 4) is 0 Å². The summed E-state index contributed by atoms with van der Waals surface area (Å²) in [5.41, 5.74) is -0.267. The number of aliphatic carboxylic acids is 1. The lowest BCUT2D eigenvalue weighted by atomic mass is 10.0. The van der Waals surface area contributed by atoms with Gasteiger partial charge in [0.15, 0.2) is 0 Å². The van der Waals surface area contributed by atoms with Crippen LogP contribution in [0.25, 0.3) is 21.5 Å². The first-order valence-corrected chi connectivity index (χ1v) is 5.89. The van der Waals surface area contributed by atoms with E-state index in [1.807, 2.05) is 36.4 Å². The molecule has 94 valence electrons. The van der Waals surface area contributed by atoms with Crippen LogP contribution in [-0.4, -0.2) is 15.6 Å². The van der Waals surface area contributed by atoms with Crippen molar-refractivity contribution in [3.05, 3.63) is 59.0 Å². The lowest BCUT2D eigenvalue weighted by Crippen LogP contribution is -2.23. The molecular formula is C15H11NO3. The van der Waals surface area contributed by atoms with E-state index in [4.69, 9.17) is 5.11 Å². The smallest absolute Gasteiger partial charge is 0.323 e. The molecule has 3 aromatic rings. The SMILES string of the molecule is O=C(O)Cn1ccc2ccc3ccccc3c2c1=O. The van der Waals surface area contributed by atoms with Gasteiger partial charge >= 0.3 is 5.97 Å². The van der Waals surface area contributed by atoms with Gasteiger partial charge in [0.05, 0.1) is 5.39 Å². The summed E-state index contributed by atoms with van der Waals surface area (Å²) >= 11 is 0. The molecule has 0 saturated carbocycles. The predicted octanol–water partition coefficient (Wildman–Crippen LogP) is 2.24. The molecular weight excluding hydrogens is 242 g/mol. The summed E-state index contributed by atoms with van der Waals surface area (Å²) in [7, 11) is 0. The maximum Gasteiger partial charge on any atom is 0.323 e. The zero-order valence-electron chi connectivity index (χ0n) is 10.0. The van der Waals surface area contributed by atoms with E-state index >= 15 is 0 Å². The number of aromatic nitrogens is 1. The Morgan fingerprint density at radius 1 is 1.05 bits per heavy atom. The van der Waals surface area contributed by atoms with Crippen molar-refractivity contribution in [2.75, 3.05) is 0 Å². The van der Waals surface area contributed by atoms with Gasteiger partial charge in [-0.05, 0) is 22.2 Å². The molecule has 0 aliphatic carbocycles. The van der Waals surface area contributed by atoms with Crippen molar-refractivity contribution in [1.82, 2.24) is 4.57 Å². The Morgan fingerprint density at radius 2 is 1.79 bits per heavy atom. The molecule has 0 atom stereocenters. The molecule has 0 bridgehead atoms. The monoisotopic (exact) mass is 253 g/mol. The number of hydrogen-bond donors (Lipinski definition) is 1. The van der Waals surface area contributed by atoms with Gasteiger partial charge in [0, 0.05) is 6.20 Å². The Balaban J connectivity index is 2.43. The Labute approximate surface area is 108 Å². The molecule has 19 heavy (non-hydrogen) atoms. The average molecular weight is 253 g/mol. The Morgan fingerprint density at radius 3 is 2.58 bits per heavy atom. The third-order valence-corrected chi connectivity index (χ3v) is 3.18. The van der Waals surface area contributed by atoms with Gasteiger partial charge < -0.3 is 9.67 Å². The van der Waals surface area contributed by atoms with E-state index in [9.17, 15) is 9.59 Å². The maximum absolute atomic E-state index is 12.4. The van der Waals surface area contributed by atoms with E-state index < -0.39 is 5.97 Å². The normalized spacial score (nSPS) is 10.9. The van der Waals surface area contributed by atoms with Crippen LogP contribution in [0, 0.1) is 0 Å². The highest BCUT2D eigenvalue weighted by Crippen LogP contribution is 2.22. The molecule has 4 heteroatoms. The van der Waals surface area contributed by atoms with Crippen molar-refractivity contribution in [2.45, 2.75) is 6.54 Å². The summed E-state index contributed by atoms with van der Waals surface area (Å²) in [5, 5.41) is 12.0. The minimum atomic E-state index is -1.03. The van der Waals surface area contributed by atoms with Crippen LogP contribution in [0.2, 0.25) is 0 Å². The van der Waals surface area contributed by atoms with Gasteiger partial charge in [-0.25, -0.2) is 0 Å². The molecule has 0 amide bonds. The summed E-state index contributed by atoms with van der Waals surface area (Å²) in [4.78, 5) is 23.1.